The van der Waals surface area contributed by atoms with Crippen LogP contribution in [-0.2, 0) is 0 Å². The average Bonchev–Trinajstić information content (AvgIpc) is 2.40. The minimum Gasteiger partial charge on any atom is -0.491 e. The minimum absolute atomic E-state index is 0.148. The van der Waals surface area contributed by atoms with Crippen molar-refractivity contribution in [3.05, 3.63) is 53.6 Å². The van der Waals surface area contributed by atoms with E-state index in [2.05, 4.69) is 5.32 Å². The van der Waals surface area contributed by atoms with Gasteiger partial charge in [0.25, 0.3) is 0 Å². The molecule has 0 saturated carbocycles. The molecule has 0 saturated heterocycles. The van der Waals surface area contributed by atoms with Crippen molar-refractivity contribution in [1.29, 1.82) is 0 Å². The molecule has 0 atom stereocenters. The number of carbonyl (C=O) groups is 1. The molecule has 0 aliphatic heterocycles. The Kier molecular flexibility index (Phi) is 4.48. The lowest BCUT2D eigenvalue weighted by Gasteiger charge is -2.12. The molecule has 0 aromatic heterocycles. The molecule has 2 rings (SSSR count). The molecular weight excluding hydrogens is 266 g/mol. The summed E-state index contributed by atoms with van der Waals surface area (Å²) in [6.07, 6.45) is 0.148. The van der Waals surface area contributed by atoms with Gasteiger partial charge < -0.3 is 15.2 Å². The van der Waals surface area contributed by atoms with Crippen molar-refractivity contribution in [3.63, 3.8) is 0 Å². The minimum atomic E-state index is -0.908. The Balaban J connectivity index is 2.11. The Morgan fingerprint density at radius 1 is 1.10 bits per heavy atom. The van der Waals surface area contributed by atoms with Crippen LogP contribution in [0.3, 0.4) is 0 Å². The fraction of sp³-hybridized carbons (Fsp3) is 0.235. The highest BCUT2D eigenvalue weighted by atomic mass is 16.5. The molecule has 0 radical (unpaired) electrons. The zero-order valence-corrected chi connectivity index (χ0v) is 12.4. The molecule has 21 heavy (non-hydrogen) atoms. The van der Waals surface area contributed by atoms with Crippen LogP contribution in [-0.4, -0.2) is 17.2 Å². The summed E-state index contributed by atoms with van der Waals surface area (Å²) >= 11 is 0. The van der Waals surface area contributed by atoms with Gasteiger partial charge in [-0.1, -0.05) is 0 Å². The number of hydrogen-bond acceptors (Lipinski definition) is 3. The molecule has 2 aromatic rings. The molecule has 0 bridgehead atoms. The first-order valence-corrected chi connectivity index (χ1v) is 6.83. The van der Waals surface area contributed by atoms with Crippen LogP contribution in [0.25, 0.3) is 0 Å². The monoisotopic (exact) mass is 285 g/mol. The highest BCUT2D eigenvalue weighted by Gasteiger charge is 2.07. The summed E-state index contributed by atoms with van der Waals surface area (Å²) in [5.74, 6) is -0.0813. The smallest absolute Gasteiger partial charge is 0.335 e. The summed E-state index contributed by atoms with van der Waals surface area (Å²) in [5, 5.41) is 12.3. The quantitative estimate of drug-likeness (QED) is 0.863. The number of aromatic carboxylic acids is 1. The lowest BCUT2D eigenvalue weighted by molar-refractivity contribution is 0.0696. The van der Waals surface area contributed by atoms with E-state index < -0.39 is 5.97 Å². The van der Waals surface area contributed by atoms with E-state index in [9.17, 15) is 4.79 Å². The van der Waals surface area contributed by atoms with Crippen LogP contribution < -0.4 is 10.1 Å². The normalized spacial score (nSPS) is 10.5. The maximum absolute atomic E-state index is 11.0. The highest BCUT2D eigenvalue weighted by Crippen LogP contribution is 2.22. The first kappa shape index (κ1) is 14.9. The van der Waals surface area contributed by atoms with E-state index in [1.807, 2.05) is 44.2 Å². The van der Waals surface area contributed by atoms with E-state index in [0.717, 1.165) is 22.7 Å². The molecular formula is C17H19NO3. The number of carboxylic acid groups (broad SMARTS) is 1. The molecule has 110 valence electrons. The van der Waals surface area contributed by atoms with Crippen molar-refractivity contribution < 1.29 is 14.6 Å². The number of benzene rings is 2. The Morgan fingerprint density at radius 2 is 1.71 bits per heavy atom. The van der Waals surface area contributed by atoms with E-state index in [1.165, 1.54) is 0 Å². The number of anilines is 2. The third-order valence-electron chi connectivity index (χ3n) is 2.97. The number of hydrogen-bond donors (Lipinski definition) is 2. The van der Waals surface area contributed by atoms with Crippen molar-refractivity contribution in [2.75, 3.05) is 5.32 Å². The van der Waals surface area contributed by atoms with Gasteiger partial charge in [-0.2, -0.15) is 0 Å². The van der Waals surface area contributed by atoms with Crippen LogP contribution >= 0.6 is 0 Å². The van der Waals surface area contributed by atoms with Crippen molar-refractivity contribution in [3.8, 4) is 5.75 Å². The van der Waals surface area contributed by atoms with Crippen molar-refractivity contribution in [2.24, 2.45) is 0 Å². The first-order chi connectivity index (χ1) is 9.95. The average molecular weight is 285 g/mol. The van der Waals surface area contributed by atoms with Crippen molar-refractivity contribution >= 4 is 17.3 Å². The van der Waals surface area contributed by atoms with Gasteiger partial charge in [0.05, 0.1) is 11.7 Å². The number of carboxylic acids is 1. The van der Waals surface area contributed by atoms with Crippen LogP contribution in [0.5, 0.6) is 5.75 Å². The van der Waals surface area contributed by atoms with Gasteiger partial charge in [-0.05, 0) is 68.8 Å². The van der Waals surface area contributed by atoms with Crippen LogP contribution in [0.1, 0.15) is 29.8 Å². The topological polar surface area (TPSA) is 58.6 Å². The molecule has 4 heteroatoms. The van der Waals surface area contributed by atoms with Gasteiger partial charge >= 0.3 is 5.97 Å². The van der Waals surface area contributed by atoms with E-state index in [0.29, 0.717) is 5.56 Å². The fourth-order valence-electron chi connectivity index (χ4n) is 2.04. The first-order valence-electron chi connectivity index (χ1n) is 6.83. The fourth-order valence-corrected chi connectivity index (χ4v) is 2.04. The summed E-state index contributed by atoms with van der Waals surface area (Å²) in [6.45, 7) is 5.76. The number of ether oxygens (including phenoxy) is 1. The molecule has 2 N–H and O–H groups in total. The molecule has 0 spiro atoms. The standard InChI is InChI=1S/C17H19NO3/c1-11(2)21-15-7-4-13(5-8-15)18-14-6-9-16(17(19)20)12(3)10-14/h4-11,18H,1-3H3,(H,19,20). The van der Waals surface area contributed by atoms with E-state index in [4.69, 9.17) is 9.84 Å². The Morgan fingerprint density at radius 3 is 2.24 bits per heavy atom. The number of rotatable bonds is 5. The molecule has 0 aliphatic carbocycles. The second-order valence-electron chi connectivity index (χ2n) is 5.15. The van der Waals surface area contributed by atoms with Crippen LogP contribution in [0.4, 0.5) is 11.4 Å². The highest BCUT2D eigenvalue weighted by molar-refractivity contribution is 5.90. The van der Waals surface area contributed by atoms with E-state index in [1.54, 1.807) is 19.1 Å². The zero-order chi connectivity index (χ0) is 15.4. The second kappa shape index (κ2) is 6.31. The lowest BCUT2D eigenvalue weighted by atomic mass is 10.1. The molecule has 0 heterocycles. The predicted molar refractivity (Wildman–Crippen MR) is 83.6 cm³/mol. The van der Waals surface area contributed by atoms with Gasteiger partial charge in [-0.15, -0.1) is 0 Å². The largest absolute Gasteiger partial charge is 0.491 e. The van der Waals surface area contributed by atoms with Crippen LogP contribution in [0.15, 0.2) is 42.5 Å². The van der Waals surface area contributed by atoms with Gasteiger partial charge in [0, 0.05) is 11.4 Å². The molecule has 0 aliphatic rings. The third kappa shape index (κ3) is 3.99. The van der Waals surface area contributed by atoms with Crippen LogP contribution in [0, 0.1) is 6.92 Å². The SMILES string of the molecule is Cc1cc(Nc2ccc(OC(C)C)cc2)ccc1C(=O)O. The van der Waals surface area contributed by atoms with E-state index >= 15 is 0 Å². The third-order valence-corrected chi connectivity index (χ3v) is 2.97. The van der Waals surface area contributed by atoms with E-state index in [-0.39, 0.29) is 6.10 Å². The summed E-state index contributed by atoms with van der Waals surface area (Å²) in [4.78, 5) is 11.0. The zero-order valence-electron chi connectivity index (χ0n) is 12.4. The molecule has 0 amide bonds. The Hall–Kier alpha value is -2.49. The molecule has 0 fully saturated rings. The summed E-state index contributed by atoms with van der Waals surface area (Å²) in [6, 6.07) is 12.9. The summed E-state index contributed by atoms with van der Waals surface area (Å²) in [5.41, 5.74) is 2.83. The van der Waals surface area contributed by atoms with Gasteiger partial charge in [-0.3, -0.25) is 0 Å². The Labute approximate surface area is 124 Å². The Bertz CT molecular complexity index is 633. The number of aryl methyl sites for hydroxylation is 1. The maximum Gasteiger partial charge on any atom is 0.335 e. The summed E-state index contributed by atoms with van der Waals surface area (Å²) < 4.78 is 5.59. The summed E-state index contributed by atoms with van der Waals surface area (Å²) in [7, 11) is 0. The number of nitrogens with one attached hydrogen (secondary N) is 1. The predicted octanol–water partition coefficient (Wildman–Crippen LogP) is 4.22. The van der Waals surface area contributed by atoms with Gasteiger partial charge in [-0.25, -0.2) is 4.79 Å². The maximum atomic E-state index is 11.0. The lowest BCUT2D eigenvalue weighted by Crippen LogP contribution is -2.05. The molecule has 2 aromatic carbocycles. The van der Waals surface area contributed by atoms with Crippen molar-refractivity contribution in [1.82, 2.24) is 0 Å². The van der Waals surface area contributed by atoms with Crippen LogP contribution in [0.2, 0.25) is 0 Å². The van der Waals surface area contributed by atoms with Gasteiger partial charge in [0.2, 0.25) is 0 Å². The second-order valence-corrected chi connectivity index (χ2v) is 5.15. The van der Waals surface area contributed by atoms with Gasteiger partial charge in [0.15, 0.2) is 0 Å². The van der Waals surface area contributed by atoms with Crippen molar-refractivity contribution in [2.45, 2.75) is 26.9 Å². The molecule has 0 unspecified atom stereocenters. The molecule has 4 nitrogen and oxygen atoms in total. The van der Waals surface area contributed by atoms with Gasteiger partial charge in [0.1, 0.15) is 5.75 Å².